The van der Waals surface area contributed by atoms with Gasteiger partial charge in [-0.3, -0.25) is 4.79 Å². The largest absolute Gasteiger partial charge is 0.463 e. The lowest BCUT2D eigenvalue weighted by molar-refractivity contribution is -0.932. The van der Waals surface area contributed by atoms with Gasteiger partial charge >= 0.3 is 0 Å². The van der Waals surface area contributed by atoms with Gasteiger partial charge in [0.25, 0.3) is 0 Å². The predicted octanol–water partition coefficient (Wildman–Crippen LogP) is 2.56. The van der Waals surface area contributed by atoms with E-state index in [-0.39, 0.29) is 23.7 Å². The Morgan fingerprint density at radius 2 is 1.90 bits per heavy atom. The summed E-state index contributed by atoms with van der Waals surface area (Å²) in [5, 5.41) is 3.20. The first-order chi connectivity index (χ1) is 14.2. The summed E-state index contributed by atoms with van der Waals surface area (Å²) in [4.78, 5) is 16.1. The molecule has 4 rings (SSSR count). The number of halogens is 1. The predicted molar refractivity (Wildman–Crippen MR) is 110 cm³/mol. The van der Waals surface area contributed by atoms with Crippen LogP contribution in [0, 0.1) is 11.7 Å². The van der Waals surface area contributed by atoms with E-state index >= 15 is 0 Å². The van der Waals surface area contributed by atoms with Crippen LogP contribution in [-0.2, 0) is 4.79 Å². The molecular formula is C23H31FN3O2+. The van der Waals surface area contributed by atoms with Crippen LogP contribution < -0.4 is 15.1 Å². The molecule has 6 heteroatoms. The van der Waals surface area contributed by atoms with E-state index in [2.05, 4.69) is 10.2 Å². The maximum Gasteiger partial charge on any atom is 0.223 e. The lowest BCUT2D eigenvalue weighted by atomic mass is 9.88. The molecule has 5 nitrogen and oxygen atoms in total. The van der Waals surface area contributed by atoms with E-state index in [9.17, 15) is 9.18 Å². The first-order valence-electron chi connectivity index (χ1n) is 10.9. The maximum absolute atomic E-state index is 14.1. The Balaban J connectivity index is 1.38. The van der Waals surface area contributed by atoms with Crippen molar-refractivity contribution in [3.8, 4) is 0 Å². The van der Waals surface area contributed by atoms with Gasteiger partial charge in [0.2, 0.25) is 5.91 Å². The van der Waals surface area contributed by atoms with E-state index < -0.39 is 0 Å². The number of hydrogen-bond acceptors (Lipinski definition) is 3. The Labute approximate surface area is 171 Å². The highest BCUT2D eigenvalue weighted by molar-refractivity contribution is 5.78. The number of furan rings is 1. The summed E-state index contributed by atoms with van der Waals surface area (Å²) in [6.07, 6.45) is 7.26. The smallest absolute Gasteiger partial charge is 0.223 e. The molecule has 2 N–H and O–H groups in total. The molecule has 0 unspecified atom stereocenters. The van der Waals surface area contributed by atoms with Gasteiger partial charge in [-0.05, 0) is 37.1 Å². The van der Waals surface area contributed by atoms with Gasteiger partial charge in [-0.15, -0.1) is 0 Å². The zero-order chi connectivity index (χ0) is 20.1. The molecule has 0 bridgehead atoms. The zero-order valence-corrected chi connectivity index (χ0v) is 16.9. The van der Waals surface area contributed by atoms with E-state index in [1.807, 2.05) is 24.3 Å². The molecule has 2 aliphatic rings. The number of hydrogen-bond donors (Lipinski definition) is 2. The second-order valence-electron chi connectivity index (χ2n) is 8.24. The summed E-state index contributed by atoms with van der Waals surface area (Å²) in [7, 11) is 0. The quantitative estimate of drug-likeness (QED) is 0.784. The van der Waals surface area contributed by atoms with Crippen molar-refractivity contribution in [2.24, 2.45) is 5.92 Å². The molecule has 1 atom stereocenters. The average Bonchev–Trinajstić information content (AvgIpc) is 3.30. The molecule has 0 radical (unpaired) electrons. The summed E-state index contributed by atoms with van der Waals surface area (Å²) in [6.45, 7) is 3.89. The van der Waals surface area contributed by atoms with Gasteiger partial charge in [-0.2, -0.15) is 0 Å². The molecule has 2 fully saturated rings. The monoisotopic (exact) mass is 400 g/mol. The van der Waals surface area contributed by atoms with Crippen molar-refractivity contribution in [3.05, 3.63) is 54.2 Å². The molecule has 2 aromatic rings. The number of carbonyl (C=O) groups is 1. The van der Waals surface area contributed by atoms with E-state index in [4.69, 9.17) is 4.42 Å². The highest BCUT2D eigenvalue weighted by atomic mass is 19.1. The lowest BCUT2D eigenvalue weighted by Crippen LogP contribution is -3.15. The Morgan fingerprint density at radius 3 is 2.59 bits per heavy atom. The van der Waals surface area contributed by atoms with E-state index in [1.54, 1.807) is 12.3 Å². The van der Waals surface area contributed by atoms with Gasteiger partial charge in [0, 0.05) is 5.92 Å². The molecular weight excluding hydrogens is 369 g/mol. The Morgan fingerprint density at radius 1 is 1.14 bits per heavy atom. The molecule has 1 saturated carbocycles. The van der Waals surface area contributed by atoms with Crippen LogP contribution >= 0.6 is 0 Å². The number of anilines is 1. The number of nitrogens with one attached hydrogen (secondary N) is 2. The number of piperazine rings is 1. The third kappa shape index (κ3) is 4.81. The number of benzene rings is 1. The molecule has 156 valence electrons. The molecule has 29 heavy (non-hydrogen) atoms. The highest BCUT2D eigenvalue weighted by Crippen LogP contribution is 2.24. The Kier molecular flexibility index (Phi) is 6.49. The summed E-state index contributed by atoms with van der Waals surface area (Å²) < 4.78 is 19.8. The van der Waals surface area contributed by atoms with Crippen molar-refractivity contribution in [3.63, 3.8) is 0 Å². The SMILES string of the molecule is O=C(NC[C@@H](c1ccco1)[NH+]1CCN(c2ccccc2F)CC1)C1CCCCC1. The summed E-state index contributed by atoms with van der Waals surface area (Å²) >= 11 is 0. The number of carbonyl (C=O) groups excluding carboxylic acids is 1. The highest BCUT2D eigenvalue weighted by Gasteiger charge is 2.32. The van der Waals surface area contributed by atoms with Crippen LogP contribution in [0.1, 0.15) is 43.9 Å². The number of nitrogens with zero attached hydrogens (tertiary/aromatic N) is 1. The standard InChI is InChI=1S/C23H30FN3O2/c24-19-9-4-5-10-20(19)26-12-14-27(15-13-26)21(22-11-6-16-29-22)17-25-23(28)18-7-2-1-3-8-18/h4-6,9-11,16,18,21H,1-3,7-8,12-15,17H2,(H,25,28)/p+1/t21-/m0/s1. The van der Waals surface area contributed by atoms with Crippen LogP contribution in [0.15, 0.2) is 47.1 Å². The number of quaternary nitrogens is 1. The van der Waals surface area contributed by atoms with Crippen LogP contribution in [0.4, 0.5) is 10.1 Å². The minimum absolute atomic E-state index is 0.0836. The van der Waals surface area contributed by atoms with Gasteiger partial charge in [-0.25, -0.2) is 4.39 Å². The molecule has 1 aliphatic heterocycles. The summed E-state index contributed by atoms with van der Waals surface area (Å²) in [5.41, 5.74) is 0.673. The minimum Gasteiger partial charge on any atom is -0.463 e. The molecule has 1 aromatic carbocycles. The summed E-state index contributed by atoms with van der Waals surface area (Å²) in [5.74, 6) is 1.08. The summed E-state index contributed by atoms with van der Waals surface area (Å²) in [6, 6.07) is 10.9. The Bertz CT molecular complexity index is 781. The molecule has 0 spiro atoms. The lowest BCUT2D eigenvalue weighted by Gasteiger charge is -2.37. The van der Waals surface area contributed by atoms with Crippen molar-refractivity contribution in [1.29, 1.82) is 0 Å². The zero-order valence-electron chi connectivity index (χ0n) is 16.9. The van der Waals surface area contributed by atoms with Crippen molar-refractivity contribution < 1.29 is 18.5 Å². The minimum atomic E-state index is -0.168. The van der Waals surface area contributed by atoms with Crippen LogP contribution in [0.25, 0.3) is 0 Å². The van der Waals surface area contributed by atoms with Crippen molar-refractivity contribution in [2.45, 2.75) is 38.1 Å². The van der Waals surface area contributed by atoms with Crippen LogP contribution in [-0.4, -0.2) is 38.6 Å². The molecule has 2 heterocycles. The number of amides is 1. The van der Waals surface area contributed by atoms with Gasteiger partial charge < -0.3 is 19.5 Å². The molecule has 1 aromatic heterocycles. The number of para-hydroxylation sites is 1. The van der Waals surface area contributed by atoms with Crippen LogP contribution in [0.3, 0.4) is 0 Å². The fourth-order valence-corrected chi connectivity index (χ4v) is 4.74. The Hall–Kier alpha value is -2.34. The van der Waals surface area contributed by atoms with Crippen molar-refractivity contribution in [1.82, 2.24) is 5.32 Å². The molecule has 1 saturated heterocycles. The van der Waals surface area contributed by atoms with Gasteiger partial charge in [-0.1, -0.05) is 31.4 Å². The average molecular weight is 401 g/mol. The van der Waals surface area contributed by atoms with Gasteiger partial charge in [0.15, 0.2) is 11.8 Å². The second-order valence-corrected chi connectivity index (χ2v) is 8.24. The van der Waals surface area contributed by atoms with Crippen molar-refractivity contribution >= 4 is 11.6 Å². The number of rotatable bonds is 6. The van der Waals surface area contributed by atoms with E-state index in [0.717, 1.165) is 57.6 Å². The van der Waals surface area contributed by atoms with Gasteiger partial charge in [0.05, 0.1) is 44.7 Å². The van der Waals surface area contributed by atoms with E-state index in [1.165, 1.54) is 17.4 Å². The van der Waals surface area contributed by atoms with Gasteiger partial charge in [0.1, 0.15) is 5.82 Å². The van der Waals surface area contributed by atoms with Crippen LogP contribution in [0.5, 0.6) is 0 Å². The fraction of sp³-hybridized carbons (Fsp3) is 0.522. The first-order valence-corrected chi connectivity index (χ1v) is 10.9. The fourth-order valence-electron chi connectivity index (χ4n) is 4.74. The van der Waals surface area contributed by atoms with Crippen molar-refractivity contribution in [2.75, 3.05) is 37.6 Å². The maximum atomic E-state index is 14.1. The third-order valence-electron chi connectivity index (χ3n) is 6.43. The second kappa shape index (κ2) is 9.44. The topological polar surface area (TPSA) is 49.9 Å². The first kappa shape index (κ1) is 20.0. The third-order valence-corrected chi connectivity index (χ3v) is 6.43. The van der Waals surface area contributed by atoms with E-state index in [0.29, 0.717) is 12.2 Å². The van der Waals surface area contributed by atoms with Crippen LogP contribution in [0.2, 0.25) is 0 Å². The normalized spacial score (nSPS) is 19.8. The molecule has 1 amide bonds. The molecule has 1 aliphatic carbocycles.